The number of rotatable bonds is 5. The molecule has 0 bridgehead atoms. The van der Waals surface area contributed by atoms with Gasteiger partial charge in [-0.25, -0.2) is 0 Å². The summed E-state index contributed by atoms with van der Waals surface area (Å²) in [6.07, 6.45) is 5.07. The standard InChI is InChI=1S/C15H18ClN3/c1-11-3-2-4-12(7-11)8-14(19-17)9-13-5-6-18-10-15(13)16/h2-7,10,14,19H,8-9,17H2,1H3. The number of nitrogens with zero attached hydrogens (tertiary/aromatic N) is 1. The fraction of sp³-hybridized carbons (Fsp3) is 0.267. The third-order valence-electron chi connectivity index (χ3n) is 3.12. The molecule has 1 aromatic heterocycles. The van der Waals surface area contributed by atoms with Crippen molar-refractivity contribution in [1.29, 1.82) is 0 Å². The molecule has 3 nitrogen and oxygen atoms in total. The minimum Gasteiger partial charge on any atom is -0.271 e. The lowest BCUT2D eigenvalue weighted by Crippen LogP contribution is -2.38. The predicted molar refractivity (Wildman–Crippen MR) is 78.9 cm³/mol. The highest BCUT2D eigenvalue weighted by atomic mass is 35.5. The molecule has 0 saturated heterocycles. The maximum absolute atomic E-state index is 6.12. The van der Waals surface area contributed by atoms with Crippen LogP contribution in [0.4, 0.5) is 0 Å². The van der Waals surface area contributed by atoms with Crippen LogP contribution >= 0.6 is 11.6 Å². The molecule has 0 radical (unpaired) electrons. The Morgan fingerprint density at radius 1 is 1.32 bits per heavy atom. The maximum Gasteiger partial charge on any atom is 0.0621 e. The normalized spacial score (nSPS) is 12.4. The van der Waals surface area contributed by atoms with E-state index in [9.17, 15) is 0 Å². The van der Waals surface area contributed by atoms with E-state index in [1.54, 1.807) is 12.4 Å². The summed E-state index contributed by atoms with van der Waals surface area (Å²) in [4.78, 5) is 3.99. The first-order chi connectivity index (χ1) is 9.19. The molecule has 19 heavy (non-hydrogen) atoms. The quantitative estimate of drug-likeness (QED) is 0.652. The van der Waals surface area contributed by atoms with Gasteiger partial charge in [-0.1, -0.05) is 41.4 Å². The van der Waals surface area contributed by atoms with Crippen LogP contribution in [0.3, 0.4) is 0 Å². The molecule has 0 aliphatic carbocycles. The van der Waals surface area contributed by atoms with Crippen LogP contribution in [-0.2, 0) is 12.8 Å². The van der Waals surface area contributed by atoms with E-state index < -0.39 is 0 Å². The molecule has 0 spiro atoms. The third-order valence-corrected chi connectivity index (χ3v) is 3.46. The summed E-state index contributed by atoms with van der Waals surface area (Å²) in [6.45, 7) is 2.09. The second-order valence-electron chi connectivity index (χ2n) is 4.73. The van der Waals surface area contributed by atoms with E-state index in [-0.39, 0.29) is 6.04 Å². The highest BCUT2D eigenvalue weighted by Gasteiger charge is 2.11. The molecule has 1 heterocycles. The lowest BCUT2D eigenvalue weighted by molar-refractivity contribution is 0.522. The van der Waals surface area contributed by atoms with Crippen molar-refractivity contribution >= 4 is 11.6 Å². The van der Waals surface area contributed by atoms with Gasteiger partial charge in [0.15, 0.2) is 0 Å². The molecular weight excluding hydrogens is 258 g/mol. The lowest BCUT2D eigenvalue weighted by atomic mass is 9.99. The molecule has 0 amide bonds. The number of pyridine rings is 1. The SMILES string of the molecule is Cc1cccc(CC(Cc2ccncc2Cl)NN)c1. The van der Waals surface area contributed by atoms with Gasteiger partial charge in [-0.3, -0.25) is 16.3 Å². The smallest absolute Gasteiger partial charge is 0.0621 e. The Morgan fingerprint density at radius 3 is 2.84 bits per heavy atom. The minimum absolute atomic E-state index is 0.154. The number of hydrogen-bond acceptors (Lipinski definition) is 3. The van der Waals surface area contributed by atoms with Gasteiger partial charge in [0.25, 0.3) is 0 Å². The fourth-order valence-electron chi connectivity index (χ4n) is 2.15. The van der Waals surface area contributed by atoms with Crippen LogP contribution in [0.1, 0.15) is 16.7 Å². The van der Waals surface area contributed by atoms with Crippen LogP contribution in [0.5, 0.6) is 0 Å². The summed E-state index contributed by atoms with van der Waals surface area (Å²) in [5, 5.41) is 0.687. The van der Waals surface area contributed by atoms with Gasteiger partial charge in [-0.05, 0) is 37.0 Å². The molecule has 100 valence electrons. The van der Waals surface area contributed by atoms with Gasteiger partial charge in [-0.15, -0.1) is 0 Å². The molecule has 1 unspecified atom stereocenters. The van der Waals surface area contributed by atoms with Crippen LogP contribution < -0.4 is 11.3 Å². The zero-order valence-corrected chi connectivity index (χ0v) is 11.7. The Kier molecular flexibility index (Phi) is 4.91. The van der Waals surface area contributed by atoms with E-state index >= 15 is 0 Å². The molecule has 0 aliphatic heterocycles. The van der Waals surface area contributed by atoms with E-state index in [1.807, 2.05) is 6.07 Å². The Bertz CT molecular complexity index is 542. The molecule has 0 fully saturated rings. The molecule has 2 rings (SSSR count). The zero-order valence-electron chi connectivity index (χ0n) is 10.9. The van der Waals surface area contributed by atoms with Crippen molar-refractivity contribution < 1.29 is 0 Å². The Morgan fingerprint density at radius 2 is 2.16 bits per heavy atom. The summed E-state index contributed by atoms with van der Waals surface area (Å²) in [6, 6.07) is 10.5. The monoisotopic (exact) mass is 275 g/mol. The van der Waals surface area contributed by atoms with Crippen molar-refractivity contribution in [1.82, 2.24) is 10.4 Å². The van der Waals surface area contributed by atoms with Crippen molar-refractivity contribution in [3.05, 3.63) is 64.4 Å². The van der Waals surface area contributed by atoms with Gasteiger partial charge in [0.2, 0.25) is 0 Å². The first kappa shape index (κ1) is 14.0. The lowest BCUT2D eigenvalue weighted by Gasteiger charge is -2.17. The highest BCUT2D eigenvalue weighted by Crippen LogP contribution is 2.17. The third kappa shape index (κ3) is 4.03. The van der Waals surface area contributed by atoms with Crippen molar-refractivity contribution in [2.24, 2.45) is 5.84 Å². The molecule has 3 N–H and O–H groups in total. The molecule has 0 saturated carbocycles. The summed E-state index contributed by atoms with van der Waals surface area (Å²) in [5.74, 6) is 5.65. The zero-order chi connectivity index (χ0) is 13.7. The number of halogens is 1. The number of nitrogens with two attached hydrogens (primary N) is 1. The van der Waals surface area contributed by atoms with Gasteiger partial charge in [0.1, 0.15) is 0 Å². The van der Waals surface area contributed by atoms with Crippen LogP contribution in [0.15, 0.2) is 42.7 Å². The van der Waals surface area contributed by atoms with E-state index in [1.165, 1.54) is 11.1 Å². The van der Waals surface area contributed by atoms with Crippen LogP contribution in [0, 0.1) is 6.92 Å². The van der Waals surface area contributed by atoms with E-state index in [4.69, 9.17) is 17.4 Å². The second-order valence-corrected chi connectivity index (χ2v) is 5.14. The van der Waals surface area contributed by atoms with Crippen molar-refractivity contribution in [3.8, 4) is 0 Å². The predicted octanol–water partition coefficient (Wildman–Crippen LogP) is 2.66. The van der Waals surface area contributed by atoms with Crippen LogP contribution in [0.25, 0.3) is 0 Å². The van der Waals surface area contributed by atoms with Crippen molar-refractivity contribution in [3.63, 3.8) is 0 Å². The van der Waals surface area contributed by atoms with Crippen molar-refractivity contribution in [2.75, 3.05) is 0 Å². The summed E-state index contributed by atoms with van der Waals surface area (Å²) >= 11 is 6.12. The molecule has 0 aliphatic rings. The van der Waals surface area contributed by atoms with Gasteiger partial charge in [0, 0.05) is 18.4 Å². The number of hydrogen-bond donors (Lipinski definition) is 2. The van der Waals surface area contributed by atoms with Gasteiger partial charge >= 0.3 is 0 Å². The molecule has 2 aromatic rings. The Balaban J connectivity index is 2.07. The Hall–Kier alpha value is -1.42. The number of nitrogens with one attached hydrogen (secondary N) is 1. The fourth-order valence-corrected chi connectivity index (χ4v) is 2.35. The molecule has 1 atom stereocenters. The average Bonchev–Trinajstić information content (AvgIpc) is 2.40. The molecule has 1 aromatic carbocycles. The van der Waals surface area contributed by atoms with Gasteiger partial charge in [-0.2, -0.15) is 0 Å². The van der Waals surface area contributed by atoms with E-state index in [0.717, 1.165) is 18.4 Å². The average molecular weight is 276 g/mol. The van der Waals surface area contributed by atoms with E-state index in [0.29, 0.717) is 5.02 Å². The van der Waals surface area contributed by atoms with E-state index in [2.05, 4.69) is 41.6 Å². The maximum atomic E-state index is 6.12. The Labute approximate surface area is 118 Å². The summed E-state index contributed by atoms with van der Waals surface area (Å²) in [5.41, 5.74) is 6.46. The molecular formula is C15H18ClN3. The first-order valence-corrected chi connectivity index (χ1v) is 6.67. The number of benzene rings is 1. The van der Waals surface area contributed by atoms with Crippen LogP contribution in [0.2, 0.25) is 5.02 Å². The topological polar surface area (TPSA) is 50.9 Å². The second kappa shape index (κ2) is 6.66. The largest absolute Gasteiger partial charge is 0.271 e. The van der Waals surface area contributed by atoms with Crippen LogP contribution in [-0.4, -0.2) is 11.0 Å². The minimum atomic E-state index is 0.154. The molecule has 4 heteroatoms. The van der Waals surface area contributed by atoms with Crippen molar-refractivity contribution in [2.45, 2.75) is 25.8 Å². The van der Waals surface area contributed by atoms with Gasteiger partial charge in [0.05, 0.1) is 5.02 Å². The summed E-state index contributed by atoms with van der Waals surface area (Å²) < 4.78 is 0. The number of aryl methyl sites for hydroxylation is 1. The summed E-state index contributed by atoms with van der Waals surface area (Å²) in [7, 11) is 0. The number of hydrazine groups is 1. The number of aromatic nitrogens is 1. The van der Waals surface area contributed by atoms with Gasteiger partial charge < -0.3 is 0 Å². The first-order valence-electron chi connectivity index (χ1n) is 6.29. The highest BCUT2D eigenvalue weighted by molar-refractivity contribution is 6.31.